The van der Waals surface area contributed by atoms with Gasteiger partial charge in [0.2, 0.25) is 0 Å². The largest absolute Gasteiger partial charge is 0.477 e. The highest BCUT2D eigenvalue weighted by Crippen LogP contribution is 2.18. The van der Waals surface area contributed by atoms with Gasteiger partial charge in [-0.25, -0.2) is 4.79 Å². The predicted molar refractivity (Wildman–Crippen MR) is 62.9 cm³/mol. The van der Waals surface area contributed by atoms with Crippen molar-refractivity contribution in [3.8, 4) is 0 Å². The molecule has 1 aromatic rings. The third kappa shape index (κ3) is 3.76. The van der Waals surface area contributed by atoms with Crippen molar-refractivity contribution in [2.75, 3.05) is 5.75 Å². The lowest BCUT2D eigenvalue weighted by Crippen LogP contribution is -2.04. The van der Waals surface area contributed by atoms with Gasteiger partial charge in [-0.15, -0.1) is 11.3 Å². The predicted octanol–water partition coefficient (Wildman–Crippen LogP) is 2.50. The Hall–Kier alpha value is -0.680. The lowest BCUT2D eigenvalue weighted by atomic mass is 10.3. The van der Waals surface area contributed by atoms with E-state index < -0.39 is 16.8 Å². The monoisotopic (exact) mass is 246 g/mol. The molecule has 5 heteroatoms. The normalized spacial score (nSPS) is 12.6. The van der Waals surface area contributed by atoms with E-state index in [2.05, 4.69) is 0 Å². The van der Waals surface area contributed by atoms with Crippen LogP contribution in [0.4, 0.5) is 0 Å². The Bertz CT molecular complexity index is 357. The van der Waals surface area contributed by atoms with Crippen molar-refractivity contribution >= 4 is 28.1 Å². The zero-order chi connectivity index (χ0) is 11.3. The van der Waals surface area contributed by atoms with Crippen LogP contribution in [0.25, 0.3) is 0 Å². The SMILES string of the molecule is CCCCS(=O)Cc1ccsc1C(=O)O. The molecule has 0 spiro atoms. The van der Waals surface area contributed by atoms with E-state index in [1.54, 1.807) is 11.4 Å². The van der Waals surface area contributed by atoms with Gasteiger partial charge < -0.3 is 5.11 Å². The van der Waals surface area contributed by atoms with Crippen LogP contribution >= 0.6 is 11.3 Å². The Morgan fingerprint density at radius 2 is 2.33 bits per heavy atom. The quantitative estimate of drug-likeness (QED) is 0.839. The van der Waals surface area contributed by atoms with Gasteiger partial charge in [-0.05, 0) is 23.4 Å². The van der Waals surface area contributed by atoms with Gasteiger partial charge in [-0.2, -0.15) is 0 Å². The van der Waals surface area contributed by atoms with Crippen LogP contribution in [0.3, 0.4) is 0 Å². The molecule has 3 nitrogen and oxygen atoms in total. The molecule has 84 valence electrons. The molecular formula is C10H14O3S2. The number of rotatable bonds is 6. The zero-order valence-electron chi connectivity index (χ0n) is 8.56. The molecule has 1 heterocycles. The fourth-order valence-electron chi connectivity index (χ4n) is 1.19. The summed E-state index contributed by atoms with van der Waals surface area (Å²) in [5.74, 6) is 0.101. The number of aromatic carboxylic acids is 1. The second-order valence-corrected chi connectivity index (χ2v) is 5.71. The summed E-state index contributed by atoms with van der Waals surface area (Å²) in [5.41, 5.74) is 0.696. The highest BCUT2D eigenvalue weighted by atomic mass is 32.2. The van der Waals surface area contributed by atoms with Gasteiger partial charge in [-0.3, -0.25) is 4.21 Å². The number of carbonyl (C=O) groups is 1. The average Bonchev–Trinajstić information content (AvgIpc) is 2.62. The van der Waals surface area contributed by atoms with Gasteiger partial charge in [0.1, 0.15) is 4.88 Å². The lowest BCUT2D eigenvalue weighted by Gasteiger charge is -2.00. The molecule has 1 rings (SSSR count). The zero-order valence-corrected chi connectivity index (χ0v) is 10.2. The van der Waals surface area contributed by atoms with Gasteiger partial charge in [-0.1, -0.05) is 13.3 Å². The van der Waals surface area contributed by atoms with Crippen LogP contribution in [0.1, 0.15) is 35.0 Å². The van der Waals surface area contributed by atoms with Crippen LogP contribution in [0, 0.1) is 0 Å². The van der Waals surface area contributed by atoms with Crippen LogP contribution in [-0.2, 0) is 16.6 Å². The third-order valence-corrected chi connectivity index (χ3v) is 4.30. The number of carboxylic acid groups (broad SMARTS) is 1. The second-order valence-electron chi connectivity index (χ2n) is 3.22. The van der Waals surface area contributed by atoms with Crippen LogP contribution in [0.15, 0.2) is 11.4 Å². The Morgan fingerprint density at radius 1 is 1.60 bits per heavy atom. The molecule has 1 atom stereocenters. The Balaban J connectivity index is 2.60. The van der Waals surface area contributed by atoms with E-state index in [1.165, 1.54) is 11.3 Å². The summed E-state index contributed by atoms with van der Waals surface area (Å²) in [4.78, 5) is 11.1. The maximum atomic E-state index is 11.6. The molecule has 0 saturated heterocycles. The minimum Gasteiger partial charge on any atom is -0.477 e. The van der Waals surface area contributed by atoms with Gasteiger partial charge in [0.15, 0.2) is 0 Å². The van der Waals surface area contributed by atoms with Gasteiger partial charge in [0.05, 0.1) is 5.75 Å². The molecule has 1 unspecified atom stereocenters. The Kier molecular flexibility index (Phi) is 4.98. The number of hydrogen-bond acceptors (Lipinski definition) is 3. The molecule has 0 fully saturated rings. The summed E-state index contributed by atoms with van der Waals surface area (Å²) in [7, 11) is -0.933. The minimum absolute atomic E-state index is 0.319. The molecule has 0 aliphatic heterocycles. The average molecular weight is 246 g/mol. The summed E-state index contributed by atoms with van der Waals surface area (Å²) in [6, 6.07) is 1.75. The minimum atomic E-state index is -0.933. The van der Waals surface area contributed by atoms with Crippen molar-refractivity contribution in [3.63, 3.8) is 0 Å². The van der Waals surface area contributed by atoms with Crippen molar-refractivity contribution in [1.29, 1.82) is 0 Å². The summed E-state index contributed by atoms with van der Waals surface area (Å²) in [6.45, 7) is 2.05. The Labute approximate surface area is 95.6 Å². The van der Waals surface area contributed by atoms with E-state index >= 15 is 0 Å². The maximum absolute atomic E-state index is 11.6. The summed E-state index contributed by atoms with van der Waals surface area (Å²) < 4.78 is 11.6. The lowest BCUT2D eigenvalue weighted by molar-refractivity contribution is 0.0701. The molecular weight excluding hydrogens is 232 g/mol. The molecule has 1 aromatic heterocycles. The molecule has 0 aliphatic carbocycles. The van der Waals surface area contributed by atoms with Crippen LogP contribution < -0.4 is 0 Å². The molecule has 1 N–H and O–H groups in total. The standard InChI is InChI=1S/C10H14O3S2/c1-2-3-6-15(13)7-8-4-5-14-9(8)10(11)12/h4-5H,2-3,6-7H2,1H3,(H,11,12). The molecule has 0 bridgehead atoms. The highest BCUT2D eigenvalue weighted by molar-refractivity contribution is 7.84. The smallest absolute Gasteiger partial charge is 0.346 e. The topological polar surface area (TPSA) is 54.4 Å². The van der Waals surface area contributed by atoms with Crippen molar-refractivity contribution in [2.24, 2.45) is 0 Å². The van der Waals surface area contributed by atoms with Gasteiger partial charge >= 0.3 is 5.97 Å². The highest BCUT2D eigenvalue weighted by Gasteiger charge is 2.13. The fraction of sp³-hybridized carbons (Fsp3) is 0.500. The number of hydrogen-bond donors (Lipinski definition) is 1. The second kappa shape index (κ2) is 6.02. The molecule has 0 aliphatic rings. The first-order valence-electron chi connectivity index (χ1n) is 4.79. The van der Waals surface area contributed by atoms with Crippen molar-refractivity contribution < 1.29 is 14.1 Å². The van der Waals surface area contributed by atoms with Crippen molar-refractivity contribution in [2.45, 2.75) is 25.5 Å². The first-order valence-corrected chi connectivity index (χ1v) is 7.16. The summed E-state index contributed by atoms with van der Waals surface area (Å²) >= 11 is 1.19. The van der Waals surface area contributed by atoms with Gasteiger partial charge in [0, 0.05) is 16.6 Å². The van der Waals surface area contributed by atoms with Crippen LogP contribution in [-0.4, -0.2) is 21.0 Å². The molecule has 0 radical (unpaired) electrons. The van der Waals surface area contributed by atoms with Crippen LogP contribution in [0.2, 0.25) is 0 Å². The van der Waals surface area contributed by atoms with E-state index in [0.29, 0.717) is 21.9 Å². The summed E-state index contributed by atoms with van der Waals surface area (Å²) in [6.07, 6.45) is 1.94. The van der Waals surface area contributed by atoms with Crippen molar-refractivity contribution in [1.82, 2.24) is 0 Å². The number of unbranched alkanes of at least 4 members (excludes halogenated alkanes) is 1. The van der Waals surface area contributed by atoms with Crippen LogP contribution in [0.5, 0.6) is 0 Å². The molecule has 0 saturated carbocycles. The molecule has 0 amide bonds. The molecule has 15 heavy (non-hydrogen) atoms. The van der Waals surface area contributed by atoms with Crippen molar-refractivity contribution in [3.05, 3.63) is 21.9 Å². The van der Waals surface area contributed by atoms with E-state index in [0.717, 1.165) is 12.8 Å². The first-order chi connectivity index (χ1) is 7.15. The number of carboxylic acids is 1. The number of thiophene rings is 1. The maximum Gasteiger partial charge on any atom is 0.346 e. The van der Waals surface area contributed by atoms with Gasteiger partial charge in [0.25, 0.3) is 0 Å². The van der Waals surface area contributed by atoms with E-state index in [9.17, 15) is 9.00 Å². The van der Waals surface area contributed by atoms with E-state index in [-0.39, 0.29) is 0 Å². The molecule has 0 aromatic carbocycles. The van der Waals surface area contributed by atoms with E-state index in [4.69, 9.17) is 5.11 Å². The Morgan fingerprint density at radius 3 is 2.93 bits per heavy atom. The fourth-order valence-corrected chi connectivity index (χ4v) is 3.38. The summed E-state index contributed by atoms with van der Waals surface area (Å²) in [5, 5.41) is 10.6. The third-order valence-electron chi connectivity index (χ3n) is 1.98. The van der Waals surface area contributed by atoms with E-state index in [1.807, 2.05) is 6.92 Å². The first kappa shape index (κ1) is 12.4.